The van der Waals surface area contributed by atoms with E-state index in [1.54, 1.807) is 42.5 Å². The second-order valence-corrected chi connectivity index (χ2v) is 3.87. The van der Waals surface area contributed by atoms with E-state index in [4.69, 9.17) is 16.3 Å². The first-order chi connectivity index (χ1) is 8.68. The van der Waals surface area contributed by atoms with Gasteiger partial charge in [-0.3, -0.25) is 4.79 Å². The summed E-state index contributed by atoms with van der Waals surface area (Å²) in [6, 6.07) is 14.9. The van der Waals surface area contributed by atoms with Crippen molar-refractivity contribution >= 4 is 22.8 Å². The SMILES string of the molecule is O=C(Oc1ccccc1C(=O)Cl)c1ccccc1. The second-order valence-electron chi connectivity index (χ2n) is 3.53. The number of hydrogen-bond acceptors (Lipinski definition) is 3. The van der Waals surface area contributed by atoms with Gasteiger partial charge in [-0.05, 0) is 35.9 Å². The number of esters is 1. The van der Waals surface area contributed by atoms with Gasteiger partial charge in [0.05, 0.1) is 11.1 Å². The van der Waals surface area contributed by atoms with E-state index in [9.17, 15) is 9.59 Å². The van der Waals surface area contributed by atoms with E-state index in [1.165, 1.54) is 12.1 Å². The average molecular weight is 261 g/mol. The molecule has 0 N–H and O–H groups in total. The molecule has 18 heavy (non-hydrogen) atoms. The monoisotopic (exact) mass is 260 g/mol. The molecule has 0 spiro atoms. The predicted octanol–water partition coefficient (Wildman–Crippen LogP) is 3.28. The van der Waals surface area contributed by atoms with E-state index in [1.807, 2.05) is 0 Å². The third kappa shape index (κ3) is 2.76. The van der Waals surface area contributed by atoms with Gasteiger partial charge in [0.1, 0.15) is 5.75 Å². The standard InChI is InChI=1S/C14H9ClO3/c15-13(16)11-8-4-5-9-12(11)18-14(17)10-6-2-1-3-7-10/h1-9H. The molecule has 0 bridgehead atoms. The van der Waals surface area contributed by atoms with Crippen molar-refractivity contribution in [2.24, 2.45) is 0 Å². The molecule has 0 radical (unpaired) electrons. The molecule has 0 atom stereocenters. The molecule has 0 aromatic heterocycles. The molecule has 0 saturated heterocycles. The Labute approximate surface area is 109 Å². The Morgan fingerprint density at radius 2 is 1.50 bits per heavy atom. The molecule has 90 valence electrons. The maximum Gasteiger partial charge on any atom is 0.343 e. The fourth-order valence-electron chi connectivity index (χ4n) is 1.45. The van der Waals surface area contributed by atoms with Crippen molar-refractivity contribution in [3.05, 3.63) is 65.7 Å². The van der Waals surface area contributed by atoms with Crippen LogP contribution in [0.5, 0.6) is 5.75 Å². The highest BCUT2D eigenvalue weighted by atomic mass is 35.5. The Morgan fingerprint density at radius 1 is 0.889 bits per heavy atom. The first-order valence-corrected chi connectivity index (χ1v) is 5.62. The van der Waals surface area contributed by atoms with Gasteiger partial charge in [0, 0.05) is 0 Å². The van der Waals surface area contributed by atoms with Crippen molar-refractivity contribution in [1.82, 2.24) is 0 Å². The van der Waals surface area contributed by atoms with Crippen molar-refractivity contribution in [3.8, 4) is 5.75 Å². The lowest BCUT2D eigenvalue weighted by Gasteiger charge is -2.06. The molecule has 2 rings (SSSR count). The lowest BCUT2D eigenvalue weighted by Crippen LogP contribution is -2.10. The van der Waals surface area contributed by atoms with Crippen molar-refractivity contribution < 1.29 is 14.3 Å². The average Bonchev–Trinajstić information content (AvgIpc) is 2.40. The highest BCUT2D eigenvalue weighted by Crippen LogP contribution is 2.21. The van der Waals surface area contributed by atoms with Crippen LogP contribution in [0, 0.1) is 0 Å². The minimum atomic E-state index is -0.661. The van der Waals surface area contributed by atoms with Crippen LogP contribution >= 0.6 is 11.6 Å². The molecule has 4 heteroatoms. The predicted molar refractivity (Wildman–Crippen MR) is 68.0 cm³/mol. The summed E-state index contributed by atoms with van der Waals surface area (Å²) in [5.41, 5.74) is 0.581. The van der Waals surface area contributed by atoms with Crippen molar-refractivity contribution in [2.75, 3.05) is 0 Å². The van der Waals surface area contributed by atoms with Crippen LogP contribution in [0.3, 0.4) is 0 Å². The molecule has 0 amide bonds. The van der Waals surface area contributed by atoms with Crippen LogP contribution in [0.4, 0.5) is 0 Å². The van der Waals surface area contributed by atoms with Crippen LogP contribution in [-0.4, -0.2) is 11.2 Å². The zero-order chi connectivity index (χ0) is 13.0. The normalized spacial score (nSPS) is 9.83. The Bertz CT molecular complexity index is 579. The largest absolute Gasteiger partial charge is 0.422 e. The zero-order valence-corrected chi connectivity index (χ0v) is 10.1. The summed E-state index contributed by atoms with van der Waals surface area (Å²) >= 11 is 5.41. The molecule has 2 aromatic rings. The fourth-order valence-corrected chi connectivity index (χ4v) is 1.61. The topological polar surface area (TPSA) is 43.4 Å². The Balaban J connectivity index is 2.25. The highest BCUT2D eigenvalue weighted by Gasteiger charge is 2.14. The Hall–Kier alpha value is -2.13. The third-order valence-corrected chi connectivity index (χ3v) is 2.51. The maximum absolute atomic E-state index is 11.8. The molecule has 0 aliphatic carbocycles. The van der Waals surface area contributed by atoms with Crippen LogP contribution in [-0.2, 0) is 0 Å². The van der Waals surface area contributed by atoms with E-state index in [-0.39, 0.29) is 11.3 Å². The van der Waals surface area contributed by atoms with Gasteiger partial charge in [-0.1, -0.05) is 30.3 Å². The van der Waals surface area contributed by atoms with Gasteiger partial charge in [0.25, 0.3) is 5.24 Å². The smallest absolute Gasteiger partial charge is 0.343 e. The number of carbonyl (C=O) groups is 2. The van der Waals surface area contributed by atoms with Crippen LogP contribution in [0.2, 0.25) is 0 Å². The molecule has 0 heterocycles. The summed E-state index contributed by atoms with van der Waals surface area (Å²) in [6.45, 7) is 0. The van der Waals surface area contributed by atoms with E-state index in [2.05, 4.69) is 0 Å². The van der Waals surface area contributed by atoms with Crippen molar-refractivity contribution in [3.63, 3.8) is 0 Å². The first kappa shape index (κ1) is 12.3. The van der Waals surface area contributed by atoms with Crippen LogP contribution in [0.25, 0.3) is 0 Å². The number of para-hydroxylation sites is 1. The molecule has 0 aliphatic heterocycles. The maximum atomic E-state index is 11.8. The molecule has 2 aromatic carbocycles. The van der Waals surface area contributed by atoms with Gasteiger partial charge in [-0.2, -0.15) is 0 Å². The van der Waals surface area contributed by atoms with Crippen molar-refractivity contribution in [2.45, 2.75) is 0 Å². The van der Waals surface area contributed by atoms with Gasteiger partial charge in [0.2, 0.25) is 0 Å². The van der Waals surface area contributed by atoms with Crippen LogP contribution < -0.4 is 4.74 Å². The lowest BCUT2D eigenvalue weighted by molar-refractivity contribution is 0.0733. The van der Waals surface area contributed by atoms with Gasteiger partial charge in [-0.25, -0.2) is 4.79 Å². The molecule has 0 fully saturated rings. The quantitative estimate of drug-likeness (QED) is 0.483. The van der Waals surface area contributed by atoms with E-state index in [0.717, 1.165) is 0 Å². The fraction of sp³-hybridized carbons (Fsp3) is 0. The Morgan fingerprint density at radius 3 is 2.17 bits per heavy atom. The number of rotatable bonds is 3. The Kier molecular flexibility index (Phi) is 3.75. The van der Waals surface area contributed by atoms with Crippen molar-refractivity contribution in [1.29, 1.82) is 0 Å². The molecular weight excluding hydrogens is 252 g/mol. The summed E-state index contributed by atoms with van der Waals surface area (Å²) in [7, 11) is 0. The molecule has 0 saturated carbocycles. The minimum Gasteiger partial charge on any atom is -0.422 e. The van der Waals surface area contributed by atoms with Crippen LogP contribution in [0.15, 0.2) is 54.6 Å². The summed E-state index contributed by atoms with van der Waals surface area (Å²) < 4.78 is 5.15. The highest BCUT2D eigenvalue weighted by molar-refractivity contribution is 6.68. The third-order valence-electron chi connectivity index (χ3n) is 2.31. The summed E-state index contributed by atoms with van der Waals surface area (Å²) in [5, 5.41) is -0.661. The van der Waals surface area contributed by atoms with Gasteiger partial charge in [0.15, 0.2) is 0 Å². The first-order valence-electron chi connectivity index (χ1n) is 5.24. The zero-order valence-electron chi connectivity index (χ0n) is 9.30. The number of ether oxygens (including phenoxy) is 1. The number of benzene rings is 2. The number of carbonyl (C=O) groups excluding carboxylic acids is 2. The molecule has 3 nitrogen and oxygen atoms in total. The van der Waals surface area contributed by atoms with Gasteiger partial charge >= 0.3 is 5.97 Å². The lowest BCUT2D eigenvalue weighted by atomic mass is 10.2. The van der Waals surface area contributed by atoms with E-state index in [0.29, 0.717) is 5.56 Å². The van der Waals surface area contributed by atoms with E-state index < -0.39 is 11.2 Å². The molecule has 0 aliphatic rings. The van der Waals surface area contributed by atoms with Crippen LogP contribution in [0.1, 0.15) is 20.7 Å². The molecule has 0 unspecified atom stereocenters. The summed E-state index contributed by atoms with van der Waals surface area (Å²) in [5.74, 6) is -0.368. The van der Waals surface area contributed by atoms with E-state index >= 15 is 0 Å². The van der Waals surface area contributed by atoms with Gasteiger partial charge in [-0.15, -0.1) is 0 Å². The minimum absolute atomic E-state index is 0.159. The van der Waals surface area contributed by atoms with Gasteiger partial charge < -0.3 is 4.74 Å². The molecular formula is C14H9ClO3. The second kappa shape index (κ2) is 5.47. The number of halogens is 1. The summed E-state index contributed by atoms with van der Waals surface area (Å²) in [6.07, 6.45) is 0. The number of hydrogen-bond donors (Lipinski definition) is 0. The summed E-state index contributed by atoms with van der Waals surface area (Å²) in [4.78, 5) is 23.0.